The smallest absolute Gasteiger partial charge is 0.0988 e. The second-order valence-electron chi connectivity index (χ2n) is 6.06. The molecule has 1 aliphatic heterocycles. The van der Waals surface area contributed by atoms with E-state index < -0.39 is 0 Å². The number of nitrogens with two attached hydrogens (primary N) is 1. The van der Waals surface area contributed by atoms with Crippen LogP contribution in [0.5, 0.6) is 0 Å². The van der Waals surface area contributed by atoms with Crippen LogP contribution in [0.15, 0.2) is 18.2 Å². The van der Waals surface area contributed by atoms with E-state index in [0.717, 1.165) is 17.8 Å². The summed E-state index contributed by atoms with van der Waals surface area (Å²) >= 11 is 6.30. The maximum Gasteiger partial charge on any atom is 0.0988 e. The van der Waals surface area contributed by atoms with Gasteiger partial charge in [0.2, 0.25) is 0 Å². The van der Waals surface area contributed by atoms with Crippen molar-refractivity contribution in [3.05, 3.63) is 28.8 Å². The first-order valence-electron chi connectivity index (χ1n) is 6.91. The summed E-state index contributed by atoms with van der Waals surface area (Å²) in [6.45, 7) is 7.41. The number of aliphatic hydroxyl groups excluding tert-OH is 1. The summed E-state index contributed by atoms with van der Waals surface area (Å²) in [5, 5.41) is 10.0. The summed E-state index contributed by atoms with van der Waals surface area (Å²) in [6.07, 6.45) is -0.175. The molecule has 4 nitrogen and oxygen atoms in total. The summed E-state index contributed by atoms with van der Waals surface area (Å²) in [6, 6.07) is 5.86. The van der Waals surface area contributed by atoms with Gasteiger partial charge in [-0.2, -0.15) is 0 Å². The topological polar surface area (TPSA) is 58.7 Å². The van der Waals surface area contributed by atoms with Crippen LogP contribution >= 0.6 is 11.6 Å². The van der Waals surface area contributed by atoms with E-state index in [1.54, 1.807) is 0 Å². The SMILES string of the molecule is CC(N)c1ccc(N2CC(CO)OC(C)(C)C2)cc1Cl. The lowest BCUT2D eigenvalue weighted by Crippen LogP contribution is -2.54. The van der Waals surface area contributed by atoms with Crippen molar-refractivity contribution in [2.75, 3.05) is 24.6 Å². The molecule has 0 saturated carbocycles. The molecule has 2 rings (SSSR count). The second kappa shape index (κ2) is 5.90. The zero-order valence-corrected chi connectivity index (χ0v) is 13.0. The number of rotatable bonds is 3. The predicted octanol–water partition coefficient (Wildman–Crippen LogP) is 2.34. The molecule has 0 radical (unpaired) electrons. The minimum absolute atomic E-state index is 0.0194. The highest BCUT2D eigenvalue weighted by atomic mass is 35.5. The zero-order valence-electron chi connectivity index (χ0n) is 12.3. The van der Waals surface area contributed by atoms with Gasteiger partial charge < -0.3 is 20.5 Å². The van der Waals surface area contributed by atoms with Crippen LogP contribution in [-0.4, -0.2) is 36.5 Å². The summed E-state index contributed by atoms with van der Waals surface area (Å²) in [4.78, 5) is 2.20. The first kappa shape index (κ1) is 15.6. The van der Waals surface area contributed by atoms with Crippen molar-refractivity contribution < 1.29 is 9.84 Å². The lowest BCUT2D eigenvalue weighted by atomic mass is 10.0. The van der Waals surface area contributed by atoms with Crippen molar-refractivity contribution in [3.63, 3.8) is 0 Å². The second-order valence-corrected chi connectivity index (χ2v) is 6.46. The monoisotopic (exact) mass is 298 g/mol. The van der Waals surface area contributed by atoms with Gasteiger partial charge in [0.15, 0.2) is 0 Å². The van der Waals surface area contributed by atoms with Crippen LogP contribution in [0.25, 0.3) is 0 Å². The molecule has 2 unspecified atom stereocenters. The normalized spacial score (nSPS) is 23.7. The van der Waals surface area contributed by atoms with Crippen LogP contribution in [0, 0.1) is 0 Å². The van der Waals surface area contributed by atoms with Gasteiger partial charge in [-0.3, -0.25) is 0 Å². The van der Waals surface area contributed by atoms with Gasteiger partial charge >= 0.3 is 0 Å². The van der Waals surface area contributed by atoms with Crippen LogP contribution in [0.2, 0.25) is 5.02 Å². The molecule has 1 aromatic rings. The number of morpholine rings is 1. The van der Waals surface area contributed by atoms with E-state index in [2.05, 4.69) is 4.90 Å². The highest BCUT2D eigenvalue weighted by Crippen LogP contribution is 2.30. The number of halogens is 1. The minimum atomic E-state index is -0.294. The zero-order chi connectivity index (χ0) is 14.9. The van der Waals surface area contributed by atoms with Crippen LogP contribution in [-0.2, 0) is 4.74 Å². The quantitative estimate of drug-likeness (QED) is 0.899. The molecular weight excluding hydrogens is 276 g/mol. The predicted molar refractivity (Wildman–Crippen MR) is 82.3 cm³/mol. The van der Waals surface area contributed by atoms with Gasteiger partial charge in [0.1, 0.15) is 0 Å². The molecule has 0 aromatic heterocycles. The Bertz CT molecular complexity index is 477. The number of anilines is 1. The third-order valence-corrected chi connectivity index (χ3v) is 3.85. The molecule has 3 N–H and O–H groups in total. The Hall–Kier alpha value is -0.810. The Morgan fingerprint density at radius 3 is 2.80 bits per heavy atom. The van der Waals surface area contributed by atoms with E-state index in [-0.39, 0.29) is 24.4 Å². The lowest BCUT2D eigenvalue weighted by Gasteiger charge is -2.43. The van der Waals surface area contributed by atoms with Crippen LogP contribution in [0.1, 0.15) is 32.4 Å². The van der Waals surface area contributed by atoms with Crippen molar-refractivity contribution in [2.45, 2.75) is 38.5 Å². The summed E-state index contributed by atoms with van der Waals surface area (Å²) < 4.78 is 5.82. The molecule has 2 atom stereocenters. The Morgan fingerprint density at radius 2 is 2.25 bits per heavy atom. The van der Waals surface area contributed by atoms with Gasteiger partial charge in [0, 0.05) is 29.8 Å². The largest absolute Gasteiger partial charge is 0.394 e. The number of hydrogen-bond acceptors (Lipinski definition) is 4. The third kappa shape index (κ3) is 3.44. The van der Waals surface area contributed by atoms with Gasteiger partial charge in [-0.05, 0) is 38.5 Å². The molecule has 1 fully saturated rings. The van der Waals surface area contributed by atoms with E-state index >= 15 is 0 Å². The van der Waals surface area contributed by atoms with Crippen molar-refractivity contribution in [1.82, 2.24) is 0 Å². The molecular formula is C15H23ClN2O2. The van der Waals surface area contributed by atoms with Crippen molar-refractivity contribution in [2.24, 2.45) is 5.73 Å². The van der Waals surface area contributed by atoms with Gasteiger partial charge in [-0.1, -0.05) is 17.7 Å². The van der Waals surface area contributed by atoms with E-state index in [9.17, 15) is 5.11 Å². The third-order valence-electron chi connectivity index (χ3n) is 3.52. The van der Waals surface area contributed by atoms with Gasteiger partial charge in [-0.15, -0.1) is 0 Å². The Labute approximate surface area is 125 Å². The van der Waals surface area contributed by atoms with Crippen molar-refractivity contribution in [1.29, 1.82) is 0 Å². The van der Waals surface area contributed by atoms with Gasteiger partial charge in [0.25, 0.3) is 0 Å². The average Bonchev–Trinajstić information content (AvgIpc) is 2.36. The van der Waals surface area contributed by atoms with E-state index in [4.69, 9.17) is 22.1 Å². The lowest BCUT2D eigenvalue weighted by molar-refractivity contribution is -0.101. The molecule has 5 heteroatoms. The molecule has 1 heterocycles. The molecule has 0 aliphatic carbocycles. The maximum absolute atomic E-state index is 9.37. The average molecular weight is 299 g/mol. The standard InChI is InChI=1S/C15H23ClN2O2/c1-10(17)13-5-4-11(6-14(13)16)18-7-12(8-19)20-15(2,3)9-18/h4-6,10,12,19H,7-9,17H2,1-3H3. The Kier molecular flexibility index (Phi) is 4.59. The molecule has 20 heavy (non-hydrogen) atoms. The maximum atomic E-state index is 9.37. The fourth-order valence-corrected chi connectivity index (χ4v) is 3.02. The van der Waals surface area contributed by atoms with E-state index in [1.807, 2.05) is 39.0 Å². The van der Waals surface area contributed by atoms with Crippen LogP contribution < -0.4 is 10.6 Å². The van der Waals surface area contributed by atoms with E-state index in [1.165, 1.54) is 0 Å². The number of hydrogen-bond donors (Lipinski definition) is 2. The molecule has 1 aromatic carbocycles. The van der Waals surface area contributed by atoms with Crippen LogP contribution in [0.3, 0.4) is 0 Å². The minimum Gasteiger partial charge on any atom is -0.394 e. The number of aliphatic hydroxyl groups is 1. The molecule has 0 amide bonds. The molecule has 112 valence electrons. The van der Waals surface area contributed by atoms with E-state index in [0.29, 0.717) is 11.6 Å². The van der Waals surface area contributed by atoms with Crippen molar-refractivity contribution >= 4 is 17.3 Å². The molecule has 1 aliphatic rings. The van der Waals surface area contributed by atoms with Crippen LogP contribution in [0.4, 0.5) is 5.69 Å². The number of nitrogens with zero attached hydrogens (tertiary/aromatic N) is 1. The Morgan fingerprint density at radius 1 is 1.55 bits per heavy atom. The molecule has 0 spiro atoms. The number of benzene rings is 1. The first-order chi connectivity index (χ1) is 9.32. The molecule has 1 saturated heterocycles. The summed E-state index contributed by atoms with van der Waals surface area (Å²) in [5.41, 5.74) is 7.57. The van der Waals surface area contributed by atoms with Gasteiger partial charge in [0.05, 0.1) is 18.3 Å². The highest BCUT2D eigenvalue weighted by Gasteiger charge is 2.33. The molecule has 0 bridgehead atoms. The van der Waals surface area contributed by atoms with Crippen molar-refractivity contribution in [3.8, 4) is 0 Å². The fourth-order valence-electron chi connectivity index (χ4n) is 2.67. The summed E-state index contributed by atoms with van der Waals surface area (Å²) in [7, 11) is 0. The number of ether oxygens (including phenoxy) is 1. The fraction of sp³-hybridized carbons (Fsp3) is 0.600. The summed E-state index contributed by atoms with van der Waals surface area (Å²) in [5.74, 6) is 0. The highest BCUT2D eigenvalue weighted by molar-refractivity contribution is 6.31. The van der Waals surface area contributed by atoms with Gasteiger partial charge in [-0.25, -0.2) is 0 Å². The Balaban J connectivity index is 2.24. The first-order valence-corrected chi connectivity index (χ1v) is 7.29.